The summed E-state index contributed by atoms with van der Waals surface area (Å²) in [4.78, 5) is 15.3. The second-order valence-corrected chi connectivity index (χ2v) is 8.25. The molecule has 2 aliphatic rings. The van der Waals surface area contributed by atoms with Crippen LogP contribution in [0.15, 0.2) is 24.7 Å². The molecule has 0 aliphatic carbocycles. The Balaban J connectivity index is 1.62. The zero-order chi connectivity index (χ0) is 24.5. The van der Waals surface area contributed by atoms with E-state index in [1.807, 2.05) is 4.90 Å². The van der Waals surface area contributed by atoms with Crippen molar-refractivity contribution in [1.82, 2.24) is 20.3 Å². The van der Waals surface area contributed by atoms with Crippen molar-refractivity contribution in [1.29, 1.82) is 5.26 Å². The van der Waals surface area contributed by atoms with Gasteiger partial charge in [-0.15, -0.1) is 0 Å². The van der Waals surface area contributed by atoms with Crippen LogP contribution in [-0.2, 0) is 12.4 Å². The van der Waals surface area contributed by atoms with Crippen molar-refractivity contribution in [3.63, 3.8) is 0 Å². The Morgan fingerprint density at radius 1 is 0.912 bits per heavy atom. The molecule has 180 valence electrons. The molecule has 2 fully saturated rings. The van der Waals surface area contributed by atoms with Gasteiger partial charge in [0.05, 0.1) is 17.2 Å². The highest BCUT2D eigenvalue weighted by atomic mass is 19.4. The maximum absolute atomic E-state index is 13.4. The van der Waals surface area contributed by atoms with E-state index in [1.165, 1.54) is 0 Å². The molecule has 2 aliphatic heterocycles. The number of hydrogen-bond acceptors (Lipinski definition) is 7. The van der Waals surface area contributed by atoms with Crippen LogP contribution in [0.1, 0.15) is 22.7 Å². The number of nitriles is 1. The lowest BCUT2D eigenvalue weighted by atomic mass is 9.45. The van der Waals surface area contributed by atoms with Crippen molar-refractivity contribution < 1.29 is 26.3 Å². The zero-order valence-electron chi connectivity index (χ0n) is 17.9. The first-order chi connectivity index (χ1) is 16.1. The van der Waals surface area contributed by atoms with Crippen LogP contribution >= 0.6 is 0 Å². The molecule has 1 unspecified atom stereocenters. The minimum absolute atomic E-state index is 0.0656. The summed E-state index contributed by atoms with van der Waals surface area (Å²) in [7, 11) is 0. The van der Waals surface area contributed by atoms with E-state index in [1.54, 1.807) is 4.90 Å². The van der Waals surface area contributed by atoms with Gasteiger partial charge in [-0.2, -0.15) is 26.3 Å². The van der Waals surface area contributed by atoms with Gasteiger partial charge < -0.3 is 15.1 Å². The van der Waals surface area contributed by atoms with Crippen LogP contribution in [0.5, 0.6) is 0 Å². The number of nitrogens with one attached hydrogen (secondary N) is 1. The molecule has 0 amide bonds. The lowest BCUT2D eigenvalue weighted by molar-refractivity contribution is -0.138. The SMILES string of the molecule is N#CB1CCN(c2ncc(C(F)(F)F)cc2C2CN(c3ncc(C(F)(F)F)cn3)CCN2)CC1. The third-order valence-electron chi connectivity index (χ3n) is 6.00. The Bertz CT molecular complexity index is 1050. The predicted octanol–water partition coefficient (Wildman–Crippen LogP) is 3.44. The van der Waals surface area contributed by atoms with Crippen LogP contribution in [0.3, 0.4) is 0 Å². The fourth-order valence-corrected chi connectivity index (χ4v) is 4.14. The van der Waals surface area contributed by atoms with E-state index in [-0.39, 0.29) is 19.2 Å². The summed E-state index contributed by atoms with van der Waals surface area (Å²) < 4.78 is 78.8. The number of pyridine rings is 1. The molecule has 2 saturated heterocycles. The van der Waals surface area contributed by atoms with Crippen molar-refractivity contribution in [2.24, 2.45) is 0 Å². The van der Waals surface area contributed by atoms with Gasteiger partial charge in [0.1, 0.15) is 5.82 Å². The molecule has 1 N–H and O–H groups in total. The molecular formula is C20H20BF6N7. The van der Waals surface area contributed by atoms with E-state index in [2.05, 4.69) is 26.2 Å². The Morgan fingerprint density at radius 3 is 2.12 bits per heavy atom. The molecule has 0 radical (unpaired) electrons. The fourth-order valence-electron chi connectivity index (χ4n) is 4.14. The van der Waals surface area contributed by atoms with Crippen molar-refractivity contribution in [3.05, 3.63) is 41.3 Å². The highest BCUT2D eigenvalue weighted by molar-refractivity contribution is 6.67. The van der Waals surface area contributed by atoms with Crippen molar-refractivity contribution in [2.45, 2.75) is 31.0 Å². The normalized spacial score (nSPS) is 19.8. The summed E-state index contributed by atoms with van der Waals surface area (Å²) in [5.41, 5.74) is -1.53. The molecule has 0 spiro atoms. The number of alkyl halides is 6. The minimum Gasteiger partial charge on any atom is -0.358 e. The average molecular weight is 483 g/mol. The van der Waals surface area contributed by atoms with E-state index in [0.29, 0.717) is 62.6 Å². The third kappa shape index (κ3) is 5.19. The summed E-state index contributed by atoms with van der Waals surface area (Å²) in [6.07, 6.45) is -5.80. The highest BCUT2D eigenvalue weighted by Crippen LogP contribution is 2.36. The van der Waals surface area contributed by atoms with E-state index < -0.39 is 29.5 Å². The fraction of sp³-hybridized carbons (Fsp3) is 0.500. The monoisotopic (exact) mass is 483 g/mol. The molecule has 0 bridgehead atoms. The van der Waals surface area contributed by atoms with Gasteiger partial charge in [0.15, 0.2) is 0 Å². The van der Waals surface area contributed by atoms with Gasteiger partial charge in [0.25, 0.3) is 6.71 Å². The largest absolute Gasteiger partial charge is 0.419 e. The summed E-state index contributed by atoms with van der Waals surface area (Å²) >= 11 is 0. The first-order valence-electron chi connectivity index (χ1n) is 10.7. The molecule has 0 saturated carbocycles. The van der Waals surface area contributed by atoms with Crippen molar-refractivity contribution in [3.8, 4) is 5.97 Å². The lowest BCUT2D eigenvalue weighted by Gasteiger charge is -2.37. The van der Waals surface area contributed by atoms with Gasteiger partial charge in [-0.1, -0.05) is 0 Å². The van der Waals surface area contributed by atoms with Crippen LogP contribution in [-0.4, -0.2) is 54.4 Å². The Kier molecular flexibility index (Phi) is 6.57. The van der Waals surface area contributed by atoms with E-state index in [9.17, 15) is 26.3 Å². The minimum atomic E-state index is -4.58. The molecule has 7 nitrogen and oxygen atoms in total. The van der Waals surface area contributed by atoms with Gasteiger partial charge in [-0.05, 0) is 18.7 Å². The zero-order valence-corrected chi connectivity index (χ0v) is 17.9. The number of piperazine rings is 1. The van der Waals surface area contributed by atoms with E-state index >= 15 is 0 Å². The summed E-state index contributed by atoms with van der Waals surface area (Å²) in [5.74, 6) is 2.69. The maximum atomic E-state index is 13.4. The van der Waals surface area contributed by atoms with E-state index in [0.717, 1.165) is 12.3 Å². The average Bonchev–Trinajstić information content (AvgIpc) is 2.83. The number of anilines is 2. The van der Waals surface area contributed by atoms with Crippen LogP contribution in [0.25, 0.3) is 0 Å². The summed E-state index contributed by atoms with van der Waals surface area (Å²) in [6.45, 7) is 1.76. The second kappa shape index (κ2) is 9.29. The Morgan fingerprint density at radius 2 is 1.53 bits per heavy atom. The lowest BCUT2D eigenvalue weighted by Crippen LogP contribution is -2.47. The Hall–Kier alpha value is -3.08. The smallest absolute Gasteiger partial charge is 0.358 e. The van der Waals surface area contributed by atoms with Crippen molar-refractivity contribution in [2.75, 3.05) is 42.5 Å². The van der Waals surface area contributed by atoms with Gasteiger partial charge in [0.2, 0.25) is 5.95 Å². The molecule has 34 heavy (non-hydrogen) atoms. The quantitative estimate of drug-likeness (QED) is 0.530. The molecular weight excluding hydrogens is 463 g/mol. The van der Waals surface area contributed by atoms with Gasteiger partial charge >= 0.3 is 12.4 Å². The van der Waals surface area contributed by atoms with Gasteiger partial charge in [-0.25, -0.2) is 20.2 Å². The number of nitrogens with zero attached hydrogens (tertiary/aromatic N) is 6. The maximum Gasteiger partial charge on any atom is 0.419 e. The van der Waals surface area contributed by atoms with Crippen LogP contribution in [0.2, 0.25) is 12.6 Å². The van der Waals surface area contributed by atoms with Crippen LogP contribution in [0.4, 0.5) is 38.1 Å². The predicted molar refractivity (Wildman–Crippen MR) is 112 cm³/mol. The number of rotatable bonds is 3. The number of halogens is 6. The first-order valence-corrected chi connectivity index (χ1v) is 10.7. The second-order valence-electron chi connectivity index (χ2n) is 8.25. The molecule has 14 heteroatoms. The molecule has 0 aromatic carbocycles. The van der Waals surface area contributed by atoms with Crippen molar-refractivity contribution >= 4 is 18.5 Å². The number of hydrogen-bond donors (Lipinski definition) is 1. The summed E-state index contributed by atoms with van der Waals surface area (Å²) in [6, 6.07) is 0.478. The summed E-state index contributed by atoms with van der Waals surface area (Å²) in [5, 5.41) is 12.3. The molecule has 1 atom stereocenters. The van der Waals surface area contributed by atoms with Crippen LogP contribution in [0, 0.1) is 11.2 Å². The first kappa shape index (κ1) is 24.1. The van der Waals surface area contributed by atoms with Crippen LogP contribution < -0.4 is 15.1 Å². The Labute approximate surface area is 191 Å². The van der Waals surface area contributed by atoms with E-state index in [4.69, 9.17) is 5.26 Å². The molecule has 4 heterocycles. The highest BCUT2D eigenvalue weighted by Gasteiger charge is 2.36. The standard InChI is InChI=1S/C20H20BF6N7/c22-19(23,24)13-7-15(17(30-8-13)33-4-1-21(12-28)2-5-33)16-11-34(6-3-29-16)18-31-9-14(10-32-18)20(25,26)27/h7-10,16,29H,1-6,11H2. The molecule has 2 aromatic rings. The molecule has 4 rings (SSSR count). The van der Waals surface area contributed by atoms with Gasteiger partial charge in [0, 0.05) is 62.8 Å². The number of aromatic nitrogens is 3. The topological polar surface area (TPSA) is 81.0 Å². The third-order valence-corrected chi connectivity index (χ3v) is 6.00. The van der Waals surface area contributed by atoms with Gasteiger partial charge in [-0.3, -0.25) is 0 Å². The molecule has 2 aromatic heterocycles.